The maximum absolute atomic E-state index is 12.6. The molecular weight excluding hydrogens is 376 g/mol. The lowest BCUT2D eigenvalue weighted by molar-refractivity contribution is 0.103. The molecule has 1 atom stereocenters. The topological polar surface area (TPSA) is 57.3 Å². The van der Waals surface area contributed by atoms with Crippen LogP contribution in [0, 0.1) is 6.92 Å². The van der Waals surface area contributed by atoms with Crippen LogP contribution in [0.25, 0.3) is 9.75 Å². The fourth-order valence-corrected chi connectivity index (χ4v) is 5.00. The van der Waals surface area contributed by atoms with E-state index in [9.17, 15) is 4.79 Å². The van der Waals surface area contributed by atoms with E-state index in [1.165, 1.54) is 17.0 Å². The Bertz CT molecular complexity index is 932. The van der Waals surface area contributed by atoms with Gasteiger partial charge in [-0.2, -0.15) is 0 Å². The third-order valence-corrected chi connectivity index (χ3v) is 6.97. The predicted octanol–water partition coefficient (Wildman–Crippen LogP) is 4.23. The Morgan fingerprint density at radius 3 is 2.63 bits per heavy atom. The number of aryl methyl sites for hydroxylation is 1. The van der Waals surface area contributed by atoms with Crippen LogP contribution >= 0.6 is 22.7 Å². The van der Waals surface area contributed by atoms with Gasteiger partial charge in [0.15, 0.2) is 0 Å². The summed E-state index contributed by atoms with van der Waals surface area (Å²) >= 11 is 3.14. The summed E-state index contributed by atoms with van der Waals surface area (Å²) in [7, 11) is 2.01. The number of amides is 1. The number of rotatable bonds is 5. The van der Waals surface area contributed by atoms with Crippen LogP contribution in [0.2, 0.25) is 0 Å². The molecule has 0 bridgehead atoms. The van der Waals surface area contributed by atoms with Gasteiger partial charge < -0.3 is 15.5 Å². The largest absolute Gasteiger partial charge is 0.370 e. The summed E-state index contributed by atoms with van der Waals surface area (Å²) in [6.45, 7) is 4.07. The molecule has 27 heavy (non-hydrogen) atoms. The second-order valence-corrected chi connectivity index (χ2v) is 8.95. The summed E-state index contributed by atoms with van der Waals surface area (Å²) in [5.74, 6) is -0.0725. The second-order valence-electron chi connectivity index (χ2n) is 6.63. The highest BCUT2D eigenvalue weighted by Gasteiger charge is 2.21. The van der Waals surface area contributed by atoms with E-state index in [-0.39, 0.29) is 5.91 Å². The molecule has 5 nitrogen and oxygen atoms in total. The molecule has 1 fully saturated rings. The fourth-order valence-electron chi connectivity index (χ4n) is 3.25. The number of aromatic nitrogens is 1. The molecule has 0 radical (unpaired) electrons. The summed E-state index contributed by atoms with van der Waals surface area (Å²) < 4.78 is 0. The first kappa shape index (κ1) is 18.2. The molecule has 2 aromatic heterocycles. The Morgan fingerprint density at radius 2 is 1.96 bits per heavy atom. The number of nitrogens with zero attached hydrogens (tertiary/aromatic N) is 2. The average Bonchev–Trinajstić information content (AvgIpc) is 3.42. The first-order valence-corrected chi connectivity index (χ1v) is 10.6. The van der Waals surface area contributed by atoms with E-state index in [1.54, 1.807) is 11.3 Å². The Kier molecular flexibility index (Phi) is 5.24. The first-order valence-electron chi connectivity index (χ1n) is 8.98. The number of hydrogen-bond donors (Lipinski definition) is 2. The minimum atomic E-state index is -0.0725. The summed E-state index contributed by atoms with van der Waals surface area (Å²) in [6, 6.07) is 12.5. The molecule has 1 unspecified atom stereocenters. The van der Waals surface area contributed by atoms with Crippen LogP contribution in [-0.4, -0.2) is 37.1 Å². The van der Waals surface area contributed by atoms with Gasteiger partial charge in [0.05, 0.1) is 14.8 Å². The van der Waals surface area contributed by atoms with Crippen molar-refractivity contribution in [2.24, 2.45) is 0 Å². The molecule has 1 aliphatic rings. The van der Waals surface area contributed by atoms with Crippen LogP contribution in [0.3, 0.4) is 0 Å². The van der Waals surface area contributed by atoms with Crippen molar-refractivity contribution in [3.63, 3.8) is 0 Å². The molecular formula is C20H22N4OS2. The van der Waals surface area contributed by atoms with Crippen molar-refractivity contribution in [1.29, 1.82) is 0 Å². The standard InChI is InChI=1S/C20H22N4OS2/c1-13-22-11-19(26-13)17-7-8-18(27-17)20(25)23-14-3-5-16(6-4-14)24-10-9-15(12-24)21-2/h3-8,11,15,21H,9-10,12H2,1-2H3,(H,23,25). The van der Waals surface area contributed by atoms with Gasteiger partial charge in [0.25, 0.3) is 5.91 Å². The number of carbonyl (C=O) groups is 1. The lowest BCUT2D eigenvalue weighted by atomic mass is 10.2. The Morgan fingerprint density at radius 1 is 1.15 bits per heavy atom. The molecule has 140 valence electrons. The van der Waals surface area contributed by atoms with E-state index in [0.717, 1.165) is 40.0 Å². The lowest BCUT2D eigenvalue weighted by Gasteiger charge is -2.19. The molecule has 4 rings (SSSR count). The van der Waals surface area contributed by atoms with Gasteiger partial charge in [-0.1, -0.05) is 0 Å². The Balaban J connectivity index is 1.40. The minimum Gasteiger partial charge on any atom is -0.370 e. The zero-order valence-electron chi connectivity index (χ0n) is 15.4. The second kappa shape index (κ2) is 7.80. The van der Waals surface area contributed by atoms with E-state index in [2.05, 4.69) is 32.7 Å². The number of nitrogens with one attached hydrogen (secondary N) is 2. The van der Waals surface area contributed by atoms with Crippen molar-refractivity contribution in [3.05, 3.63) is 52.5 Å². The third-order valence-electron chi connectivity index (χ3n) is 4.78. The van der Waals surface area contributed by atoms with Gasteiger partial charge >= 0.3 is 0 Å². The summed E-state index contributed by atoms with van der Waals surface area (Å²) in [5, 5.41) is 7.36. The van der Waals surface area contributed by atoms with Crippen LogP contribution < -0.4 is 15.5 Å². The number of thiazole rings is 1. The fraction of sp³-hybridized carbons (Fsp3) is 0.300. The molecule has 1 amide bonds. The molecule has 0 spiro atoms. The summed E-state index contributed by atoms with van der Waals surface area (Å²) in [5.41, 5.74) is 2.02. The molecule has 1 saturated heterocycles. The van der Waals surface area contributed by atoms with Gasteiger partial charge in [-0.05, 0) is 56.8 Å². The summed E-state index contributed by atoms with van der Waals surface area (Å²) in [4.78, 5) is 22.1. The monoisotopic (exact) mass is 398 g/mol. The molecule has 1 aromatic carbocycles. The maximum Gasteiger partial charge on any atom is 0.265 e. The smallest absolute Gasteiger partial charge is 0.265 e. The van der Waals surface area contributed by atoms with Crippen LogP contribution in [0.4, 0.5) is 11.4 Å². The van der Waals surface area contributed by atoms with E-state index in [1.807, 2.05) is 44.4 Å². The minimum absolute atomic E-state index is 0.0725. The van der Waals surface area contributed by atoms with Gasteiger partial charge in [0, 0.05) is 41.6 Å². The van der Waals surface area contributed by atoms with Gasteiger partial charge in [-0.25, -0.2) is 4.98 Å². The van der Waals surface area contributed by atoms with E-state index in [0.29, 0.717) is 10.9 Å². The quantitative estimate of drug-likeness (QED) is 0.675. The van der Waals surface area contributed by atoms with Crippen molar-refractivity contribution in [3.8, 4) is 9.75 Å². The first-order chi connectivity index (χ1) is 13.1. The number of thiophene rings is 1. The van der Waals surface area contributed by atoms with Gasteiger partial charge in [-0.15, -0.1) is 22.7 Å². The highest BCUT2D eigenvalue weighted by Crippen LogP contribution is 2.32. The van der Waals surface area contributed by atoms with Crippen LogP contribution in [-0.2, 0) is 0 Å². The molecule has 0 saturated carbocycles. The number of carbonyl (C=O) groups excluding carboxylic acids is 1. The van der Waals surface area contributed by atoms with Gasteiger partial charge in [0.1, 0.15) is 0 Å². The SMILES string of the molecule is CNC1CCN(c2ccc(NC(=O)c3ccc(-c4cnc(C)s4)s3)cc2)C1. The molecule has 0 aliphatic carbocycles. The van der Waals surface area contributed by atoms with Crippen molar-refractivity contribution < 1.29 is 4.79 Å². The molecule has 3 aromatic rings. The van der Waals surface area contributed by atoms with Crippen molar-refractivity contribution in [2.45, 2.75) is 19.4 Å². The van der Waals surface area contributed by atoms with Gasteiger partial charge in [0.2, 0.25) is 0 Å². The zero-order valence-corrected chi connectivity index (χ0v) is 17.0. The number of hydrogen-bond acceptors (Lipinski definition) is 6. The van der Waals surface area contributed by atoms with Crippen molar-refractivity contribution >= 4 is 40.0 Å². The molecule has 1 aliphatic heterocycles. The normalized spacial score (nSPS) is 16.7. The predicted molar refractivity (Wildman–Crippen MR) is 114 cm³/mol. The number of likely N-dealkylation sites (N-methyl/N-ethyl adjacent to an activating group) is 1. The van der Waals surface area contributed by atoms with E-state index >= 15 is 0 Å². The zero-order chi connectivity index (χ0) is 18.8. The highest BCUT2D eigenvalue weighted by molar-refractivity contribution is 7.22. The Hall–Kier alpha value is -2.22. The van der Waals surface area contributed by atoms with E-state index < -0.39 is 0 Å². The third kappa shape index (κ3) is 4.05. The lowest BCUT2D eigenvalue weighted by Crippen LogP contribution is -2.29. The highest BCUT2D eigenvalue weighted by atomic mass is 32.1. The van der Waals surface area contributed by atoms with Crippen molar-refractivity contribution in [1.82, 2.24) is 10.3 Å². The maximum atomic E-state index is 12.6. The van der Waals surface area contributed by atoms with Crippen LogP contribution in [0.5, 0.6) is 0 Å². The van der Waals surface area contributed by atoms with Crippen molar-refractivity contribution in [2.75, 3.05) is 30.4 Å². The van der Waals surface area contributed by atoms with E-state index in [4.69, 9.17) is 0 Å². The molecule has 2 N–H and O–H groups in total. The van der Waals surface area contributed by atoms with Gasteiger partial charge in [-0.3, -0.25) is 4.79 Å². The number of benzene rings is 1. The molecule has 3 heterocycles. The Labute approximate surface area is 167 Å². The summed E-state index contributed by atoms with van der Waals surface area (Å²) in [6.07, 6.45) is 3.03. The molecule has 7 heteroatoms. The van der Waals surface area contributed by atoms with Crippen LogP contribution in [0.1, 0.15) is 21.1 Å². The number of anilines is 2. The van der Waals surface area contributed by atoms with Crippen LogP contribution in [0.15, 0.2) is 42.6 Å². The average molecular weight is 399 g/mol.